The molecule has 184 valence electrons. The maximum Gasteiger partial charge on any atom is 0.119 e. The van der Waals surface area contributed by atoms with Crippen molar-refractivity contribution in [1.82, 2.24) is 0 Å². The largest absolute Gasteiger partial charge is 0.370 e. The van der Waals surface area contributed by atoms with Crippen molar-refractivity contribution in [1.29, 1.82) is 0 Å². The summed E-state index contributed by atoms with van der Waals surface area (Å²) in [5, 5.41) is 7.87. The van der Waals surface area contributed by atoms with Crippen LogP contribution in [0.3, 0.4) is 0 Å². The van der Waals surface area contributed by atoms with E-state index in [1.54, 1.807) is 0 Å². The Bertz CT molecular complexity index is 1170. The normalized spacial score (nSPS) is 23.3. The van der Waals surface area contributed by atoms with E-state index >= 15 is 0 Å². The van der Waals surface area contributed by atoms with Crippen molar-refractivity contribution in [3.63, 3.8) is 0 Å². The molecular formula is C26H26N6O3S. The van der Waals surface area contributed by atoms with Crippen LogP contribution >= 0.6 is 11.8 Å². The fourth-order valence-corrected chi connectivity index (χ4v) is 5.12. The highest BCUT2D eigenvalue weighted by molar-refractivity contribution is 7.99. The zero-order chi connectivity index (χ0) is 25.0. The standard InChI is InChI=1S/C26H26N6O3S/c27-31-29-16-22-24(33-17-19-10-4-1-5-11-19)25(34-18-20-12-6-2-7-13-20)23(30-32-28)26(35-22)36-21-14-8-3-9-15-21/h1-15,22-26H,16-18H2/t22-,23-,24-,25-,26?/m0/s1. The summed E-state index contributed by atoms with van der Waals surface area (Å²) in [6.45, 7) is 0.646. The second-order valence-corrected chi connectivity index (χ2v) is 9.28. The van der Waals surface area contributed by atoms with E-state index in [0.29, 0.717) is 13.2 Å². The molecule has 3 aromatic rings. The summed E-state index contributed by atoms with van der Waals surface area (Å²) in [7, 11) is 0. The fraction of sp³-hybridized carbons (Fsp3) is 0.308. The van der Waals surface area contributed by atoms with Crippen molar-refractivity contribution in [2.45, 2.75) is 47.9 Å². The molecule has 3 aromatic carbocycles. The van der Waals surface area contributed by atoms with Gasteiger partial charge in [-0.15, -0.1) is 0 Å². The van der Waals surface area contributed by atoms with Crippen LogP contribution < -0.4 is 0 Å². The number of ether oxygens (including phenoxy) is 3. The summed E-state index contributed by atoms with van der Waals surface area (Å²) in [6.07, 6.45) is -1.88. The Morgan fingerprint density at radius 3 is 1.86 bits per heavy atom. The minimum atomic E-state index is -0.688. The van der Waals surface area contributed by atoms with Crippen molar-refractivity contribution >= 4 is 11.8 Å². The van der Waals surface area contributed by atoms with Gasteiger partial charge in [0.2, 0.25) is 0 Å². The molecule has 0 radical (unpaired) electrons. The van der Waals surface area contributed by atoms with E-state index < -0.39 is 29.8 Å². The molecule has 0 aromatic heterocycles. The first-order valence-electron chi connectivity index (χ1n) is 11.5. The van der Waals surface area contributed by atoms with Gasteiger partial charge >= 0.3 is 0 Å². The van der Waals surface area contributed by atoms with Crippen molar-refractivity contribution in [2.75, 3.05) is 6.54 Å². The van der Waals surface area contributed by atoms with Gasteiger partial charge in [-0.2, -0.15) is 0 Å². The van der Waals surface area contributed by atoms with Crippen LogP contribution in [0.4, 0.5) is 0 Å². The van der Waals surface area contributed by atoms with Gasteiger partial charge in [-0.3, -0.25) is 0 Å². The van der Waals surface area contributed by atoms with E-state index in [1.807, 2.05) is 91.0 Å². The molecule has 5 atom stereocenters. The molecule has 1 fully saturated rings. The lowest BCUT2D eigenvalue weighted by molar-refractivity contribution is -0.195. The SMILES string of the molecule is [N-]=[N+]=NC[C@@H]1OC(Sc2ccccc2)[C@@H](N=[N+]=[N-])[C@H](OCc2ccccc2)[C@H]1OCc1ccccc1. The van der Waals surface area contributed by atoms with Crippen molar-refractivity contribution in [3.05, 3.63) is 123 Å². The molecule has 1 heterocycles. The minimum absolute atomic E-state index is 0.0516. The molecule has 9 nitrogen and oxygen atoms in total. The Morgan fingerprint density at radius 1 is 0.750 bits per heavy atom. The summed E-state index contributed by atoms with van der Waals surface area (Å²) in [5.41, 5.74) is 19.8. The van der Waals surface area contributed by atoms with Gasteiger partial charge in [0.05, 0.1) is 32.0 Å². The van der Waals surface area contributed by atoms with Crippen LogP contribution in [0.25, 0.3) is 20.9 Å². The van der Waals surface area contributed by atoms with Crippen LogP contribution in [-0.4, -0.2) is 36.3 Å². The lowest BCUT2D eigenvalue weighted by Gasteiger charge is -2.44. The molecular weight excluding hydrogens is 476 g/mol. The molecule has 36 heavy (non-hydrogen) atoms. The third-order valence-corrected chi connectivity index (χ3v) is 6.86. The molecule has 0 saturated carbocycles. The van der Waals surface area contributed by atoms with E-state index in [9.17, 15) is 5.53 Å². The average Bonchev–Trinajstić information content (AvgIpc) is 2.93. The highest BCUT2D eigenvalue weighted by Gasteiger charge is 2.47. The first-order valence-corrected chi connectivity index (χ1v) is 12.4. The highest BCUT2D eigenvalue weighted by atomic mass is 32.2. The lowest BCUT2D eigenvalue weighted by atomic mass is 9.97. The predicted octanol–water partition coefficient (Wildman–Crippen LogP) is 6.66. The Balaban J connectivity index is 1.65. The van der Waals surface area contributed by atoms with Crippen LogP contribution in [0.2, 0.25) is 0 Å². The molecule has 1 unspecified atom stereocenters. The topological polar surface area (TPSA) is 125 Å². The fourth-order valence-electron chi connectivity index (χ4n) is 3.99. The third-order valence-electron chi connectivity index (χ3n) is 5.69. The van der Waals surface area contributed by atoms with Crippen molar-refractivity contribution in [3.8, 4) is 0 Å². The summed E-state index contributed by atoms with van der Waals surface area (Å²) in [5.74, 6) is 0. The highest BCUT2D eigenvalue weighted by Crippen LogP contribution is 2.38. The molecule has 1 saturated heterocycles. The van der Waals surface area contributed by atoms with Gasteiger partial charge < -0.3 is 14.2 Å². The maximum absolute atomic E-state index is 9.44. The van der Waals surface area contributed by atoms with Crippen LogP contribution in [-0.2, 0) is 27.4 Å². The Morgan fingerprint density at radius 2 is 1.31 bits per heavy atom. The summed E-state index contributed by atoms with van der Waals surface area (Å²) in [4.78, 5) is 6.99. The Labute approximate surface area is 213 Å². The van der Waals surface area contributed by atoms with Gasteiger partial charge in [-0.25, -0.2) is 0 Å². The third kappa shape index (κ3) is 7.02. The molecule has 1 aliphatic heterocycles. The number of thioether (sulfide) groups is 1. The number of rotatable bonds is 11. The van der Waals surface area contributed by atoms with Gasteiger partial charge in [0, 0.05) is 14.7 Å². The Kier molecular flexibility index (Phi) is 9.64. The smallest absolute Gasteiger partial charge is 0.119 e. The predicted molar refractivity (Wildman–Crippen MR) is 138 cm³/mol. The van der Waals surface area contributed by atoms with Gasteiger partial charge in [0.25, 0.3) is 0 Å². The van der Waals surface area contributed by atoms with E-state index in [4.69, 9.17) is 19.7 Å². The molecule has 0 amide bonds. The Hall–Kier alpha value is -3.49. The minimum Gasteiger partial charge on any atom is -0.370 e. The molecule has 0 bridgehead atoms. The lowest BCUT2D eigenvalue weighted by Crippen LogP contribution is -2.58. The van der Waals surface area contributed by atoms with Crippen molar-refractivity contribution in [2.24, 2.45) is 10.2 Å². The number of hydrogen-bond acceptors (Lipinski definition) is 6. The van der Waals surface area contributed by atoms with Crippen LogP contribution in [0.5, 0.6) is 0 Å². The average molecular weight is 503 g/mol. The molecule has 0 aliphatic carbocycles. The quantitative estimate of drug-likeness (QED) is 0.165. The van der Waals surface area contributed by atoms with E-state index in [1.165, 1.54) is 11.8 Å². The molecule has 10 heteroatoms. The van der Waals surface area contributed by atoms with E-state index in [-0.39, 0.29) is 6.54 Å². The van der Waals surface area contributed by atoms with Gasteiger partial charge in [-0.1, -0.05) is 101 Å². The van der Waals surface area contributed by atoms with Crippen LogP contribution in [0, 0.1) is 0 Å². The summed E-state index contributed by atoms with van der Waals surface area (Å²) >= 11 is 1.43. The summed E-state index contributed by atoms with van der Waals surface area (Å²) in [6, 6.07) is 28.5. The van der Waals surface area contributed by atoms with Crippen LogP contribution in [0.1, 0.15) is 11.1 Å². The van der Waals surface area contributed by atoms with Gasteiger partial charge in [0.1, 0.15) is 17.6 Å². The van der Waals surface area contributed by atoms with E-state index in [2.05, 4.69) is 20.1 Å². The molecule has 4 rings (SSSR count). The second kappa shape index (κ2) is 13.6. The van der Waals surface area contributed by atoms with Gasteiger partial charge in [-0.05, 0) is 34.3 Å². The first-order chi connectivity index (χ1) is 17.8. The zero-order valence-corrected chi connectivity index (χ0v) is 20.3. The number of nitrogens with zero attached hydrogens (tertiary/aromatic N) is 6. The van der Waals surface area contributed by atoms with E-state index in [0.717, 1.165) is 16.0 Å². The number of hydrogen-bond donors (Lipinski definition) is 0. The molecule has 1 aliphatic rings. The number of benzene rings is 3. The number of azide groups is 2. The molecule has 0 spiro atoms. The maximum atomic E-state index is 9.44. The monoisotopic (exact) mass is 502 g/mol. The van der Waals surface area contributed by atoms with Crippen LogP contribution in [0.15, 0.2) is 106 Å². The van der Waals surface area contributed by atoms with Crippen molar-refractivity contribution < 1.29 is 14.2 Å². The summed E-state index contributed by atoms with van der Waals surface area (Å²) < 4.78 is 19.1. The van der Waals surface area contributed by atoms with Gasteiger partial charge in [0.15, 0.2) is 0 Å². The zero-order valence-electron chi connectivity index (χ0n) is 19.5. The first kappa shape index (κ1) is 25.6. The molecule has 0 N–H and O–H groups in total. The second-order valence-electron chi connectivity index (χ2n) is 8.11.